The highest BCUT2D eigenvalue weighted by atomic mass is 19.4. The molecule has 1 heterocycles. The van der Waals surface area contributed by atoms with Crippen LogP contribution in [0, 0.1) is 0 Å². The number of nitrogens with zero attached hydrogens (tertiary/aromatic N) is 1. The van der Waals surface area contributed by atoms with E-state index in [1.165, 1.54) is 0 Å². The van der Waals surface area contributed by atoms with Gasteiger partial charge in [-0.25, -0.2) is 4.98 Å². The number of nitrogens with one attached hydrogen (secondary N) is 2. The van der Waals surface area contributed by atoms with Gasteiger partial charge in [0.15, 0.2) is 0 Å². The lowest BCUT2D eigenvalue weighted by Gasteiger charge is -2.02. The number of aromatic nitrogens is 2. The van der Waals surface area contributed by atoms with E-state index in [4.69, 9.17) is 5.11 Å². The molecule has 0 atom stereocenters. The first kappa shape index (κ1) is 13.0. The lowest BCUT2D eigenvalue weighted by Crippen LogP contribution is -2.14. The Labute approximate surface area is 92.8 Å². The molecule has 1 rings (SSSR count). The average Bonchev–Trinajstić information content (AvgIpc) is 2.62. The second-order valence-corrected chi connectivity index (χ2v) is 3.09. The third-order valence-corrected chi connectivity index (χ3v) is 1.70. The number of rotatable bonds is 4. The van der Waals surface area contributed by atoms with E-state index in [1.54, 1.807) is 0 Å². The van der Waals surface area contributed by atoms with Gasteiger partial charge in [-0.15, -0.1) is 0 Å². The van der Waals surface area contributed by atoms with Gasteiger partial charge in [-0.3, -0.25) is 14.9 Å². The number of carboxylic acids is 1. The smallest absolute Gasteiger partial charge is 0.432 e. The summed E-state index contributed by atoms with van der Waals surface area (Å²) in [5, 5.41) is 10.3. The second kappa shape index (κ2) is 4.85. The van der Waals surface area contributed by atoms with Gasteiger partial charge < -0.3 is 10.1 Å². The molecule has 0 radical (unpaired) electrons. The lowest BCUT2D eigenvalue weighted by molar-refractivity contribution is -0.141. The number of carbonyl (C=O) groups is 2. The van der Waals surface area contributed by atoms with E-state index in [0.29, 0.717) is 6.20 Å². The van der Waals surface area contributed by atoms with Gasteiger partial charge in [-0.05, 0) is 0 Å². The minimum atomic E-state index is -4.57. The molecule has 94 valence electrons. The fourth-order valence-electron chi connectivity index (χ4n) is 0.944. The second-order valence-electron chi connectivity index (χ2n) is 3.09. The van der Waals surface area contributed by atoms with Crippen LogP contribution in [0.15, 0.2) is 6.20 Å². The molecule has 0 saturated carbocycles. The number of alkyl halides is 3. The van der Waals surface area contributed by atoms with Crippen LogP contribution in [0.3, 0.4) is 0 Å². The molecule has 0 fully saturated rings. The Kier molecular flexibility index (Phi) is 3.71. The molecule has 0 spiro atoms. The number of carboxylic acid groups (broad SMARTS) is 1. The lowest BCUT2D eigenvalue weighted by atomic mass is 10.3. The predicted molar refractivity (Wildman–Crippen MR) is 49.1 cm³/mol. The molecular formula is C8H8F3N3O3. The quantitative estimate of drug-likeness (QED) is 0.750. The van der Waals surface area contributed by atoms with Crippen LogP contribution in [0.4, 0.5) is 19.1 Å². The molecule has 1 aromatic heterocycles. The number of hydrogen-bond donors (Lipinski definition) is 3. The van der Waals surface area contributed by atoms with Crippen LogP contribution in [0.1, 0.15) is 18.5 Å². The number of H-pyrrole nitrogens is 1. The number of aromatic amines is 1. The summed E-state index contributed by atoms with van der Waals surface area (Å²) in [6.07, 6.45) is -4.78. The third-order valence-electron chi connectivity index (χ3n) is 1.70. The highest BCUT2D eigenvalue weighted by Gasteiger charge is 2.33. The first-order valence-electron chi connectivity index (χ1n) is 4.43. The van der Waals surface area contributed by atoms with Crippen molar-refractivity contribution in [2.45, 2.75) is 19.0 Å². The number of halogens is 3. The Morgan fingerprint density at radius 1 is 1.41 bits per heavy atom. The van der Waals surface area contributed by atoms with Gasteiger partial charge in [0.1, 0.15) is 5.69 Å². The molecule has 0 saturated heterocycles. The maximum Gasteiger partial charge on any atom is 0.432 e. The molecule has 0 aromatic carbocycles. The van der Waals surface area contributed by atoms with Crippen molar-refractivity contribution in [3.05, 3.63) is 11.9 Å². The Morgan fingerprint density at radius 2 is 2.06 bits per heavy atom. The molecular weight excluding hydrogens is 243 g/mol. The standard InChI is InChI=1S/C8H8F3N3O3/c9-8(10,11)4-3-12-7(13-4)14-5(15)1-2-6(16)17/h3H,1-2H2,(H,16,17)(H2,12,13,14,15). The van der Waals surface area contributed by atoms with Crippen LogP contribution >= 0.6 is 0 Å². The highest BCUT2D eigenvalue weighted by Crippen LogP contribution is 2.27. The van der Waals surface area contributed by atoms with Gasteiger partial charge in [0.2, 0.25) is 11.9 Å². The number of amides is 1. The van der Waals surface area contributed by atoms with Crippen molar-refractivity contribution < 1.29 is 27.9 Å². The zero-order chi connectivity index (χ0) is 13.1. The third kappa shape index (κ3) is 4.13. The van der Waals surface area contributed by atoms with Crippen molar-refractivity contribution in [2.75, 3.05) is 5.32 Å². The minimum absolute atomic E-state index is 0.336. The Hall–Kier alpha value is -2.06. The van der Waals surface area contributed by atoms with Crippen molar-refractivity contribution in [3.63, 3.8) is 0 Å². The highest BCUT2D eigenvalue weighted by molar-refractivity contribution is 5.90. The Bertz CT molecular complexity index is 427. The molecule has 1 amide bonds. The SMILES string of the molecule is O=C(O)CCC(=O)Nc1ncc(C(F)(F)F)[nH]1. The predicted octanol–water partition coefficient (Wildman–Crippen LogP) is 1.23. The zero-order valence-corrected chi connectivity index (χ0v) is 8.34. The average molecular weight is 251 g/mol. The van der Waals surface area contributed by atoms with Crippen molar-refractivity contribution in [1.29, 1.82) is 0 Å². The number of imidazole rings is 1. The van der Waals surface area contributed by atoms with Crippen molar-refractivity contribution in [3.8, 4) is 0 Å². The van der Waals surface area contributed by atoms with E-state index >= 15 is 0 Å². The molecule has 6 nitrogen and oxygen atoms in total. The molecule has 0 unspecified atom stereocenters. The number of anilines is 1. The van der Waals surface area contributed by atoms with Crippen LogP contribution < -0.4 is 5.32 Å². The van der Waals surface area contributed by atoms with Crippen LogP contribution in [0.2, 0.25) is 0 Å². The molecule has 0 bridgehead atoms. The maximum absolute atomic E-state index is 12.1. The van der Waals surface area contributed by atoms with Gasteiger partial charge in [0, 0.05) is 6.42 Å². The molecule has 17 heavy (non-hydrogen) atoms. The zero-order valence-electron chi connectivity index (χ0n) is 8.34. The molecule has 0 aliphatic rings. The summed E-state index contributed by atoms with van der Waals surface area (Å²) < 4.78 is 36.4. The van der Waals surface area contributed by atoms with Crippen molar-refractivity contribution in [1.82, 2.24) is 9.97 Å². The Morgan fingerprint density at radius 3 is 2.53 bits per heavy atom. The summed E-state index contributed by atoms with van der Waals surface area (Å²) in [4.78, 5) is 26.4. The van der Waals surface area contributed by atoms with E-state index in [2.05, 4.69) is 4.98 Å². The van der Waals surface area contributed by atoms with Crippen molar-refractivity contribution >= 4 is 17.8 Å². The van der Waals surface area contributed by atoms with E-state index in [1.807, 2.05) is 10.3 Å². The molecule has 0 aliphatic heterocycles. The topological polar surface area (TPSA) is 95.1 Å². The summed E-state index contributed by atoms with van der Waals surface area (Å²) >= 11 is 0. The van der Waals surface area contributed by atoms with Gasteiger partial charge in [0.25, 0.3) is 0 Å². The van der Waals surface area contributed by atoms with Crippen molar-refractivity contribution in [2.24, 2.45) is 0 Å². The maximum atomic E-state index is 12.1. The molecule has 0 aliphatic carbocycles. The van der Waals surface area contributed by atoms with E-state index in [9.17, 15) is 22.8 Å². The molecule has 3 N–H and O–H groups in total. The van der Waals surface area contributed by atoms with E-state index < -0.39 is 30.2 Å². The fourth-order valence-corrected chi connectivity index (χ4v) is 0.944. The summed E-state index contributed by atoms with van der Waals surface area (Å²) in [6.45, 7) is 0. The summed E-state index contributed by atoms with van der Waals surface area (Å²) in [6, 6.07) is 0. The van der Waals surface area contributed by atoms with Gasteiger partial charge in [-0.1, -0.05) is 0 Å². The van der Waals surface area contributed by atoms with E-state index in [-0.39, 0.29) is 12.4 Å². The van der Waals surface area contributed by atoms with Gasteiger partial charge in [-0.2, -0.15) is 13.2 Å². The summed E-state index contributed by atoms with van der Waals surface area (Å²) in [5.41, 5.74) is -1.09. The van der Waals surface area contributed by atoms with Crippen LogP contribution in [-0.2, 0) is 15.8 Å². The first-order chi connectivity index (χ1) is 7.79. The summed E-state index contributed by atoms with van der Waals surface area (Å²) in [7, 11) is 0. The largest absolute Gasteiger partial charge is 0.481 e. The molecule has 9 heteroatoms. The van der Waals surface area contributed by atoms with Gasteiger partial charge in [0.05, 0.1) is 12.6 Å². The number of aliphatic carboxylic acids is 1. The van der Waals surface area contributed by atoms with E-state index in [0.717, 1.165) is 0 Å². The van der Waals surface area contributed by atoms with Crippen LogP contribution in [0.5, 0.6) is 0 Å². The minimum Gasteiger partial charge on any atom is -0.481 e. The van der Waals surface area contributed by atoms with Crippen LogP contribution in [-0.4, -0.2) is 27.0 Å². The van der Waals surface area contributed by atoms with Crippen LogP contribution in [0.25, 0.3) is 0 Å². The summed E-state index contributed by atoms with van der Waals surface area (Å²) in [5.74, 6) is -2.27. The van der Waals surface area contributed by atoms with Gasteiger partial charge >= 0.3 is 12.1 Å². The first-order valence-corrected chi connectivity index (χ1v) is 4.43. The number of carbonyl (C=O) groups excluding carboxylic acids is 1. The fraction of sp³-hybridized carbons (Fsp3) is 0.375. The Balaban J connectivity index is 2.55. The monoisotopic (exact) mass is 251 g/mol. The normalized spacial score (nSPS) is 11.2. The number of hydrogen-bond acceptors (Lipinski definition) is 3. The molecule has 1 aromatic rings.